The van der Waals surface area contributed by atoms with E-state index in [-0.39, 0.29) is 11.8 Å². The van der Waals surface area contributed by atoms with Crippen LogP contribution in [0.1, 0.15) is 53.4 Å². The van der Waals surface area contributed by atoms with Crippen molar-refractivity contribution >= 4 is 42.8 Å². The normalized spacial score (nSPS) is 20.0. The van der Waals surface area contributed by atoms with E-state index in [0.717, 1.165) is 25.7 Å². The van der Waals surface area contributed by atoms with Crippen LogP contribution in [0.4, 0.5) is 0 Å². The molecule has 0 fully saturated rings. The van der Waals surface area contributed by atoms with Gasteiger partial charge in [0.1, 0.15) is 0 Å². The number of hydrogen-bond acceptors (Lipinski definition) is 5. The Morgan fingerprint density at radius 2 is 1.33 bits per heavy atom. The van der Waals surface area contributed by atoms with Crippen LogP contribution < -0.4 is 0 Å². The maximum Gasteiger partial charge on any atom is 0.332 e. The SMILES string of the molecule is [CH2]P(=O)(OC(C=S)C(C)CCC)OC(C=S)C(C)CCC. The zero-order valence-electron chi connectivity index (χ0n) is 13.5. The Labute approximate surface area is 140 Å². The third-order valence-corrected chi connectivity index (χ3v) is 5.11. The summed E-state index contributed by atoms with van der Waals surface area (Å²) in [5.41, 5.74) is 0. The van der Waals surface area contributed by atoms with Crippen LogP contribution in [0, 0.1) is 18.5 Å². The Bertz CT molecular complexity index is 333. The molecule has 0 aromatic carbocycles. The molecule has 4 atom stereocenters. The van der Waals surface area contributed by atoms with Crippen LogP contribution in [0.3, 0.4) is 0 Å². The molecule has 6 heteroatoms. The van der Waals surface area contributed by atoms with Gasteiger partial charge in [0, 0.05) is 10.7 Å². The molecule has 0 saturated carbocycles. The molecule has 21 heavy (non-hydrogen) atoms. The van der Waals surface area contributed by atoms with Crippen molar-refractivity contribution in [2.45, 2.75) is 65.6 Å². The Hall–Kier alpha value is 0.330. The van der Waals surface area contributed by atoms with Crippen molar-refractivity contribution in [3.05, 3.63) is 6.66 Å². The topological polar surface area (TPSA) is 35.5 Å². The predicted octanol–water partition coefficient (Wildman–Crippen LogP) is 5.61. The predicted molar refractivity (Wildman–Crippen MR) is 98.2 cm³/mol. The van der Waals surface area contributed by atoms with Gasteiger partial charge in [0.05, 0.1) is 18.9 Å². The average molecular weight is 351 g/mol. The molecule has 0 saturated heterocycles. The third-order valence-electron chi connectivity index (χ3n) is 3.44. The van der Waals surface area contributed by atoms with Crippen molar-refractivity contribution in [2.75, 3.05) is 0 Å². The molecular formula is C15H28O3PS2. The van der Waals surface area contributed by atoms with E-state index in [1.807, 2.05) is 13.8 Å². The molecule has 0 aliphatic carbocycles. The van der Waals surface area contributed by atoms with E-state index < -0.39 is 19.8 Å². The fraction of sp³-hybridized carbons (Fsp3) is 0.800. The molecule has 1 radical (unpaired) electrons. The maximum atomic E-state index is 12.5. The highest BCUT2D eigenvalue weighted by Crippen LogP contribution is 2.50. The molecule has 0 aliphatic rings. The van der Waals surface area contributed by atoms with Crippen LogP contribution in [0.15, 0.2) is 0 Å². The fourth-order valence-corrected chi connectivity index (χ4v) is 4.30. The Morgan fingerprint density at radius 3 is 1.57 bits per heavy atom. The van der Waals surface area contributed by atoms with Crippen molar-refractivity contribution in [2.24, 2.45) is 11.8 Å². The van der Waals surface area contributed by atoms with Gasteiger partial charge in [-0.2, -0.15) is 0 Å². The van der Waals surface area contributed by atoms with Crippen LogP contribution in [-0.2, 0) is 13.6 Å². The van der Waals surface area contributed by atoms with Crippen LogP contribution in [-0.4, -0.2) is 22.9 Å². The highest BCUT2D eigenvalue weighted by atomic mass is 32.1. The minimum absolute atomic E-state index is 0.185. The molecule has 0 spiro atoms. The van der Waals surface area contributed by atoms with Gasteiger partial charge in [0.25, 0.3) is 0 Å². The summed E-state index contributed by atoms with van der Waals surface area (Å²) >= 11 is 9.97. The molecule has 123 valence electrons. The van der Waals surface area contributed by atoms with Gasteiger partial charge in [-0.3, -0.25) is 13.6 Å². The monoisotopic (exact) mass is 351 g/mol. The molecule has 4 unspecified atom stereocenters. The van der Waals surface area contributed by atoms with Crippen LogP contribution in [0.5, 0.6) is 0 Å². The van der Waals surface area contributed by atoms with E-state index >= 15 is 0 Å². The quantitative estimate of drug-likeness (QED) is 0.337. The Morgan fingerprint density at radius 1 is 1.00 bits per heavy atom. The number of thiocarbonyl (C=S) groups is 2. The van der Waals surface area contributed by atoms with Gasteiger partial charge < -0.3 is 0 Å². The summed E-state index contributed by atoms with van der Waals surface area (Å²) in [4.78, 5) is 0. The zero-order chi connectivity index (χ0) is 16.5. The molecule has 0 bridgehead atoms. The summed E-state index contributed by atoms with van der Waals surface area (Å²) in [6.07, 6.45) is 3.14. The first-order valence-electron chi connectivity index (χ1n) is 7.53. The van der Waals surface area contributed by atoms with Crippen molar-refractivity contribution in [1.29, 1.82) is 0 Å². The maximum absolute atomic E-state index is 12.5. The van der Waals surface area contributed by atoms with Gasteiger partial charge in [-0.25, -0.2) is 0 Å². The van der Waals surface area contributed by atoms with Crippen LogP contribution in [0.2, 0.25) is 0 Å². The van der Waals surface area contributed by atoms with Crippen molar-refractivity contribution < 1.29 is 13.6 Å². The highest BCUT2D eigenvalue weighted by Gasteiger charge is 2.30. The van der Waals surface area contributed by atoms with Gasteiger partial charge in [-0.1, -0.05) is 65.0 Å². The van der Waals surface area contributed by atoms with Gasteiger partial charge in [0.2, 0.25) is 0 Å². The standard InChI is InChI=1S/C15H28O3PS2/c1-6-8-12(3)14(10-20)17-19(5,16)18-15(11-21)13(4)9-7-2/h10-15H,5-9H2,1-4H3. The van der Waals surface area contributed by atoms with E-state index in [2.05, 4.69) is 20.5 Å². The van der Waals surface area contributed by atoms with Gasteiger partial charge in [-0.05, 0) is 24.7 Å². The molecule has 0 heterocycles. The van der Waals surface area contributed by atoms with E-state index in [1.165, 1.54) is 10.7 Å². The molecule has 0 aromatic rings. The Kier molecular flexibility index (Phi) is 11.1. The largest absolute Gasteiger partial charge is 0.332 e. The number of hydrogen-bond donors (Lipinski definition) is 0. The minimum atomic E-state index is -3.44. The Balaban J connectivity index is 4.75. The fourth-order valence-electron chi connectivity index (χ4n) is 2.16. The van der Waals surface area contributed by atoms with E-state index in [0.29, 0.717) is 0 Å². The van der Waals surface area contributed by atoms with E-state index in [4.69, 9.17) is 33.5 Å². The summed E-state index contributed by atoms with van der Waals surface area (Å²) < 4.78 is 23.6. The van der Waals surface area contributed by atoms with Crippen LogP contribution >= 0.6 is 32.0 Å². The summed E-state index contributed by atoms with van der Waals surface area (Å²) in [6.45, 7) is 11.8. The lowest BCUT2D eigenvalue weighted by atomic mass is 10.0. The molecular weight excluding hydrogens is 323 g/mol. The van der Waals surface area contributed by atoms with Crippen LogP contribution in [0.25, 0.3) is 0 Å². The second-order valence-corrected chi connectivity index (χ2v) is 7.74. The summed E-state index contributed by atoms with van der Waals surface area (Å²) in [7, 11) is -3.44. The molecule has 0 rings (SSSR count). The van der Waals surface area contributed by atoms with E-state index in [9.17, 15) is 4.57 Å². The summed E-state index contributed by atoms with van der Waals surface area (Å²) in [5.74, 6) is 0.371. The molecule has 0 N–H and O–H groups in total. The molecule has 0 amide bonds. The van der Waals surface area contributed by atoms with E-state index in [1.54, 1.807) is 0 Å². The third kappa shape index (κ3) is 8.51. The van der Waals surface area contributed by atoms with Crippen molar-refractivity contribution in [3.8, 4) is 0 Å². The second kappa shape index (κ2) is 11.0. The molecule has 0 aliphatic heterocycles. The first-order valence-corrected chi connectivity index (χ1v) is 10.2. The van der Waals surface area contributed by atoms with Gasteiger partial charge in [0.15, 0.2) is 0 Å². The van der Waals surface area contributed by atoms with Gasteiger partial charge in [-0.15, -0.1) is 0 Å². The first-order chi connectivity index (χ1) is 9.81. The zero-order valence-corrected chi connectivity index (χ0v) is 16.0. The smallest absolute Gasteiger partial charge is 0.300 e. The van der Waals surface area contributed by atoms with Crippen molar-refractivity contribution in [1.82, 2.24) is 0 Å². The van der Waals surface area contributed by atoms with Crippen molar-refractivity contribution in [3.63, 3.8) is 0 Å². The lowest BCUT2D eigenvalue weighted by molar-refractivity contribution is 0.126. The lowest BCUT2D eigenvalue weighted by Crippen LogP contribution is -2.25. The summed E-state index contributed by atoms with van der Waals surface area (Å²) in [6, 6.07) is 0. The minimum Gasteiger partial charge on any atom is -0.300 e. The summed E-state index contributed by atoms with van der Waals surface area (Å²) in [5, 5.41) is 3.01. The average Bonchev–Trinajstić information content (AvgIpc) is 2.42. The van der Waals surface area contributed by atoms with Gasteiger partial charge >= 0.3 is 7.60 Å². The highest BCUT2D eigenvalue weighted by molar-refractivity contribution is 7.79. The molecule has 0 aromatic heterocycles. The number of rotatable bonds is 12. The molecule has 3 nitrogen and oxygen atoms in total. The first kappa shape index (κ1) is 21.3. The second-order valence-electron chi connectivity index (χ2n) is 5.56. The lowest BCUT2D eigenvalue weighted by Gasteiger charge is -2.27.